The Morgan fingerprint density at radius 3 is 2.43 bits per heavy atom. The molecule has 3 aliphatic rings. The Morgan fingerprint density at radius 1 is 1.23 bits per heavy atom. The normalized spacial score (nSPS) is 23.2. The summed E-state index contributed by atoms with van der Waals surface area (Å²) in [5.41, 5.74) is -0.920. The second-order valence-corrected chi connectivity index (χ2v) is 10.7. The first-order chi connectivity index (χ1) is 16.5. The van der Waals surface area contributed by atoms with Crippen LogP contribution in [0.25, 0.3) is 10.9 Å². The SMILES string of the molecule is COc1c(N2C[C@@H]3C(CNC(=O)OC(C)(C)C)[C@@H]3C2)c(F)cc2c(=O)c(C(=O)O)cn(C3CC3)c12. The summed E-state index contributed by atoms with van der Waals surface area (Å²) < 4.78 is 28.2. The number of pyridine rings is 1. The van der Waals surface area contributed by atoms with Crippen molar-refractivity contribution < 1.29 is 28.6 Å². The second-order valence-electron chi connectivity index (χ2n) is 10.7. The van der Waals surface area contributed by atoms with Crippen LogP contribution in [-0.4, -0.2) is 54.1 Å². The molecule has 3 atom stereocenters. The summed E-state index contributed by atoms with van der Waals surface area (Å²) in [7, 11) is 1.44. The number of anilines is 1. The molecule has 1 saturated heterocycles. The van der Waals surface area contributed by atoms with E-state index in [1.807, 2.05) is 25.7 Å². The van der Waals surface area contributed by atoms with Crippen molar-refractivity contribution in [3.63, 3.8) is 0 Å². The first-order valence-electron chi connectivity index (χ1n) is 11.9. The molecule has 1 aromatic carbocycles. The molecule has 2 aliphatic carbocycles. The van der Waals surface area contributed by atoms with Crippen LogP contribution in [0.1, 0.15) is 50.0 Å². The summed E-state index contributed by atoms with van der Waals surface area (Å²) in [6.07, 6.45) is 2.62. The average Bonchev–Trinajstić information content (AvgIpc) is 3.67. The van der Waals surface area contributed by atoms with Crippen LogP contribution in [0, 0.1) is 23.6 Å². The van der Waals surface area contributed by atoms with Gasteiger partial charge in [-0.2, -0.15) is 0 Å². The Labute approximate surface area is 201 Å². The summed E-state index contributed by atoms with van der Waals surface area (Å²) in [5, 5.41) is 12.3. The molecule has 2 aromatic rings. The van der Waals surface area contributed by atoms with Crippen molar-refractivity contribution >= 4 is 28.7 Å². The first kappa shape index (κ1) is 23.4. The van der Waals surface area contributed by atoms with Crippen molar-refractivity contribution in [3.05, 3.63) is 33.9 Å². The first-order valence-corrected chi connectivity index (χ1v) is 11.9. The highest BCUT2D eigenvalue weighted by Gasteiger charge is 2.56. The Bertz CT molecular complexity index is 1270. The number of rotatable bonds is 6. The number of halogens is 1. The van der Waals surface area contributed by atoms with Gasteiger partial charge >= 0.3 is 12.1 Å². The van der Waals surface area contributed by atoms with Gasteiger partial charge in [0.05, 0.1) is 18.0 Å². The van der Waals surface area contributed by atoms with E-state index in [2.05, 4.69) is 5.32 Å². The van der Waals surface area contributed by atoms with Crippen molar-refractivity contribution in [1.82, 2.24) is 9.88 Å². The Hall–Kier alpha value is -3.30. The van der Waals surface area contributed by atoms with Gasteiger partial charge in [-0.1, -0.05) is 0 Å². The van der Waals surface area contributed by atoms with Gasteiger partial charge in [0, 0.05) is 31.9 Å². The number of methoxy groups -OCH3 is 1. The van der Waals surface area contributed by atoms with Gasteiger partial charge in [-0.15, -0.1) is 0 Å². The minimum atomic E-state index is -1.33. The summed E-state index contributed by atoms with van der Waals surface area (Å²) in [6, 6.07) is 1.20. The van der Waals surface area contributed by atoms with Crippen LogP contribution < -0.4 is 20.4 Å². The zero-order valence-corrected chi connectivity index (χ0v) is 20.3. The zero-order chi connectivity index (χ0) is 25.2. The standard InChI is InChI=1S/C25H30FN3O6/c1-25(2,3)35-24(33)27-8-14-15-9-28(10-16(14)15)20-18(26)7-13-19(22(20)34-4)29(12-5-6-12)11-17(21(13)30)23(31)32/h7,11-12,14-16H,5-6,8-10H2,1-4H3,(H,27,33)(H,31,32)/t14?,15-,16+. The molecule has 9 nitrogen and oxygen atoms in total. The average molecular weight is 488 g/mol. The van der Waals surface area contributed by atoms with Crippen LogP contribution in [0.3, 0.4) is 0 Å². The number of carbonyl (C=O) groups is 2. The van der Waals surface area contributed by atoms with E-state index in [0.29, 0.717) is 48.6 Å². The largest absolute Gasteiger partial charge is 0.492 e. The number of aromatic nitrogens is 1. The van der Waals surface area contributed by atoms with Gasteiger partial charge in [0.2, 0.25) is 5.43 Å². The van der Waals surface area contributed by atoms with E-state index in [1.165, 1.54) is 13.3 Å². The summed E-state index contributed by atoms with van der Waals surface area (Å²) in [5.74, 6) is -0.766. The minimum absolute atomic E-state index is 0.0127. The monoisotopic (exact) mass is 487 g/mol. The van der Waals surface area contributed by atoms with E-state index in [9.17, 15) is 19.5 Å². The fourth-order valence-electron chi connectivity index (χ4n) is 5.37. The van der Waals surface area contributed by atoms with Gasteiger partial charge in [0.1, 0.15) is 16.9 Å². The van der Waals surface area contributed by atoms with Crippen LogP contribution in [0.15, 0.2) is 17.1 Å². The van der Waals surface area contributed by atoms with E-state index in [4.69, 9.17) is 9.47 Å². The number of carboxylic acid groups (broad SMARTS) is 1. The van der Waals surface area contributed by atoms with E-state index in [1.54, 1.807) is 4.57 Å². The molecule has 1 aromatic heterocycles. The fraction of sp³-hybridized carbons (Fsp3) is 0.560. The van der Waals surface area contributed by atoms with Crippen molar-refractivity contribution in [1.29, 1.82) is 0 Å². The third kappa shape index (κ3) is 4.19. The van der Waals surface area contributed by atoms with E-state index in [0.717, 1.165) is 18.9 Å². The number of nitrogens with one attached hydrogen (secondary N) is 1. The molecule has 5 rings (SSSR count). The Balaban J connectivity index is 1.41. The number of hydrogen-bond donors (Lipinski definition) is 2. The minimum Gasteiger partial charge on any atom is -0.492 e. The van der Waals surface area contributed by atoms with Crippen LogP contribution >= 0.6 is 0 Å². The van der Waals surface area contributed by atoms with Crippen molar-refractivity contribution in [2.24, 2.45) is 17.8 Å². The molecule has 1 amide bonds. The van der Waals surface area contributed by atoms with Crippen LogP contribution in [-0.2, 0) is 4.74 Å². The van der Waals surface area contributed by atoms with Crippen LogP contribution in [0.4, 0.5) is 14.9 Å². The molecular formula is C25H30FN3O6. The number of aromatic carboxylic acids is 1. The number of benzene rings is 1. The molecule has 2 heterocycles. The maximum absolute atomic E-state index is 15.4. The van der Waals surface area contributed by atoms with Crippen LogP contribution in [0.5, 0.6) is 5.75 Å². The highest BCUT2D eigenvalue weighted by atomic mass is 19.1. The number of ether oxygens (including phenoxy) is 2. The second kappa shape index (κ2) is 8.13. The van der Waals surface area contributed by atoms with Gasteiger partial charge in [-0.25, -0.2) is 14.0 Å². The van der Waals surface area contributed by atoms with Gasteiger partial charge < -0.3 is 29.4 Å². The predicted octanol–water partition coefficient (Wildman–Crippen LogP) is 3.39. The molecule has 2 saturated carbocycles. The summed E-state index contributed by atoms with van der Waals surface area (Å²) in [6.45, 7) is 7.15. The number of nitrogens with zero attached hydrogens (tertiary/aromatic N) is 2. The topological polar surface area (TPSA) is 110 Å². The summed E-state index contributed by atoms with van der Waals surface area (Å²) in [4.78, 5) is 38.4. The Morgan fingerprint density at radius 2 is 1.89 bits per heavy atom. The maximum Gasteiger partial charge on any atom is 0.407 e. The maximum atomic E-state index is 15.4. The number of carboxylic acids is 1. The number of hydrogen-bond acceptors (Lipinski definition) is 6. The third-order valence-electron chi connectivity index (χ3n) is 7.14. The quantitative estimate of drug-likeness (QED) is 0.643. The zero-order valence-electron chi connectivity index (χ0n) is 20.3. The van der Waals surface area contributed by atoms with Gasteiger partial charge in [0.25, 0.3) is 0 Å². The Kier molecular flexibility index (Phi) is 5.45. The smallest absolute Gasteiger partial charge is 0.407 e. The molecule has 35 heavy (non-hydrogen) atoms. The van der Waals surface area contributed by atoms with Crippen molar-refractivity contribution in [2.45, 2.75) is 45.3 Å². The fourth-order valence-corrected chi connectivity index (χ4v) is 5.37. The lowest BCUT2D eigenvalue weighted by molar-refractivity contribution is 0.0523. The number of fused-ring (bicyclic) bond motifs is 2. The number of amides is 1. The lowest BCUT2D eigenvalue weighted by Gasteiger charge is -2.26. The number of alkyl carbamates (subject to hydrolysis) is 1. The molecule has 1 unspecified atom stereocenters. The number of piperidine rings is 1. The van der Waals surface area contributed by atoms with Gasteiger partial charge in [0.15, 0.2) is 11.6 Å². The highest BCUT2D eigenvalue weighted by Crippen LogP contribution is 2.54. The summed E-state index contributed by atoms with van der Waals surface area (Å²) >= 11 is 0. The lowest BCUT2D eigenvalue weighted by Crippen LogP contribution is -2.35. The van der Waals surface area contributed by atoms with E-state index >= 15 is 4.39 Å². The van der Waals surface area contributed by atoms with E-state index < -0.39 is 28.9 Å². The molecule has 1 aliphatic heterocycles. The molecule has 0 spiro atoms. The van der Waals surface area contributed by atoms with Crippen LogP contribution in [0.2, 0.25) is 0 Å². The molecule has 10 heteroatoms. The number of carbonyl (C=O) groups excluding carboxylic acids is 1. The highest BCUT2D eigenvalue weighted by molar-refractivity contribution is 5.97. The lowest BCUT2D eigenvalue weighted by atomic mass is 10.1. The van der Waals surface area contributed by atoms with Gasteiger partial charge in [-0.05, 0) is 57.4 Å². The van der Waals surface area contributed by atoms with Crippen molar-refractivity contribution in [2.75, 3.05) is 31.6 Å². The van der Waals surface area contributed by atoms with Crippen molar-refractivity contribution in [3.8, 4) is 5.75 Å². The molecule has 188 valence electrons. The van der Waals surface area contributed by atoms with Gasteiger partial charge in [-0.3, -0.25) is 4.79 Å². The molecule has 3 fully saturated rings. The third-order valence-corrected chi connectivity index (χ3v) is 7.14. The molecular weight excluding hydrogens is 457 g/mol. The molecule has 0 radical (unpaired) electrons. The predicted molar refractivity (Wildman–Crippen MR) is 127 cm³/mol. The molecule has 2 N–H and O–H groups in total. The van der Waals surface area contributed by atoms with E-state index in [-0.39, 0.29) is 22.7 Å². The molecule has 0 bridgehead atoms.